The summed E-state index contributed by atoms with van der Waals surface area (Å²) in [6.07, 6.45) is -1.76. The third-order valence-electron chi connectivity index (χ3n) is 2.20. The van der Waals surface area contributed by atoms with Crippen molar-refractivity contribution in [3.05, 3.63) is 27.4 Å². The van der Waals surface area contributed by atoms with E-state index in [1.165, 1.54) is 6.08 Å². The minimum absolute atomic E-state index is 0.0340. The first-order valence-electron chi connectivity index (χ1n) is 5.00. The summed E-state index contributed by atoms with van der Waals surface area (Å²) in [7, 11) is 0. The van der Waals surface area contributed by atoms with Crippen molar-refractivity contribution in [1.29, 1.82) is 0 Å². The van der Waals surface area contributed by atoms with E-state index in [1.807, 2.05) is 0 Å². The van der Waals surface area contributed by atoms with Crippen LogP contribution in [0.15, 0.2) is 27.4 Å². The van der Waals surface area contributed by atoms with Gasteiger partial charge >= 0.3 is 12.1 Å². The maximum atomic E-state index is 13.0. The Hall–Kier alpha value is -1.000. The molecule has 1 aromatic heterocycles. The Morgan fingerprint density at radius 1 is 1.42 bits per heavy atom. The van der Waals surface area contributed by atoms with E-state index in [0.717, 1.165) is 0 Å². The van der Waals surface area contributed by atoms with Crippen LogP contribution in [0.3, 0.4) is 0 Å². The summed E-state index contributed by atoms with van der Waals surface area (Å²) in [5.41, 5.74) is 0. The van der Waals surface area contributed by atoms with Gasteiger partial charge in [0, 0.05) is 12.8 Å². The Bertz CT molecular complexity index is 566. The van der Waals surface area contributed by atoms with Gasteiger partial charge in [-0.25, -0.2) is 4.39 Å². The van der Waals surface area contributed by atoms with Gasteiger partial charge in [0.2, 0.25) is 4.73 Å². The van der Waals surface area contributed by atoms with Crippen molar-refractivity contribution < 1.29 is 24.4 Å². The predicted octanol–water partition coefficient (Wildman–Crippen LogP) is 1.06. The topological polar surface area (TPSA) is 101 Å². The number of nitrogens with zero attached hydrogens (tertiary/aromatic N) is 3. The van der Waals surface area contributed by atoms with Crippen LogP contribution in [0.4, 0.5) is 4.39 Å². The lowest BCUT2D eigenvalue weighted by Crippen LogP contribution is -2.34. The summed E-state index contributed by atoms with van der Waals surface area (Å²) in [5.74, 6) is -0.214. The van der Waals surface area contributed by atoms with Crippen LogP contribution in [0.25, 0.3) is 0 Å². The minimum Gasteiger partial charge on any atom is -0.429 e. The summed E-state index contributed by atoms with van der Waals surface area (Å²) in [6, 6.07) is -0.391. The van der Waals surface area contributed by atoms with E-state index in [-0.39, 0.29) is 28.4 Å². The molecule has 1 heterocycles. The molecule has 0 saturated carbocycles. The molecular weight excluding hydrogens is 348 g/mol. The van der Waals surface area contributed by atoms with Crippen molar-refractivity contribution in [3.63, 3.8) is 0 Å². The molecular formula is C9H8BrClFN3O4. The highest BCUT2D eigenvalue weighted by Crippen LogP contribution is 2.29. The highest BCUT2D eigenvalue weighted by molar-refractivity contribution is 9.10. The zero-order valence-corrected chi connectivity index (χ0v) is 11.6. The van der Waals surface area contributed by atoms with E-state index in [2.05, 4.69) is 26.0 Å². The van der Waals surface area contributed by atoms with E-state index in [9.17, 15) is 4.39 Å². The molecule has 0 atom stereocenters. The first-order chi connectivity index (χ1) is 8.77. The summed E-state index contributed by atoms with van der Waals surface area (Å²) >= 11 is 8.50. The third-order valence-corrected chi connectivity index (χ3v) is 2.85. The van der Waals surface area contributed by atoms with Crippen molar-refractivity contribution >= 4 is 27.5 Å². The van der Waals surface area contributed by atoms with Gasteiger partial charge in [0.15, 0.2) is 0 Å². The largest absolute Gasteiger partial charge is 0.429 e. The standard InChI is InChI=1S/C9H8BrClFN3O4/c10-7-13-8(15(14-7)9(16,17)18)19-4-1-2-6(12)5(11)3-4/h3,16-18H,1-2H2. The molecule has 0 spiro atoms. The Morgan fingerprint density at radius 3 is 2.68 bits per heavy atom. The molecule has 0 aliphatic heterocycles. The highest BCUT2D eigenvalue weighted by atomic mass is 79.9. The van der Waals surface area contributed by atoms with Crippen LogP contribution in [0.2, 0.25) is 0 Å². The van der Waals surface area contributed by atoms with Gasteiger partial charge in [-0.3, -0.25) is 0 Å². The number of halogens is 3. The van der Waals surface area contributed by atoms with E-state index in [0.29, 0.717) is 4.68 Å². The van der Waals surface area contributed by atoms with E-state index < -0.39 is 17.9 Å². The van der Waals surface area contributed by atoms with Crippen LogP contribution < -0.4 is 4.74 Å². The smallest absolute Gasteiger partial charge is 0.393 e. The van der Waals surface area contributed by atoms with Crippen molar-refractivity contribution in [3.8, 4) is 6.01 Å². The van der Waals surface area contributed by atoms with Gasteiger partial charge < -0.3 is 20.1 Å². The molecule has 2 rings (SSSR count). The van der Waals surface area contributed by atoms with Crippen molar-refractivity contribution in [2.24, 2.45) is 0 Å². The molecule has 0 bridgehead atoms. The number of allylic oxidation sites excluding steroid dienone is 4. The van der Waals surface area contributed by atoms with Crippen LogP contribution in [0, 0.1) is 0 Å². The molecule has 10 heteroatoms. The number of aromatic nitrogens is 3. The van der Waals surface area contributed by atoms with E-state index in [4.69, 9.17) is 31.7 Å². The number of hydrogen-bond donors (Lipinski definition) is 3. The maximum Gasteiger partial charge on any atom is 0.393 e. The van der Waals surface area contributed by atoms with Crippen LogP contribution in [0.5, 0.6) is 6.01 Å². The summed E-state index contributed by atoms with van der Waals surface area (Å²) in [4.78, 5) is 3.69. The summed E-state index contributed by atoms with van der Waals surface area (Å²) in [6.45, 7) is 0. The second-order valence-corrected chi connectivity index (χ2v) is 4.76. The fraction of sp³-hybridized carbons (Fsp3) is 0.333. The van der Waals surface area contributed by atoms with E-state index in [1.54, 1.807) is 0 Å². The van der Waals surface area contributed by atoms with Gasteiger partial charge in [-0.2, -0.15) is 4.98 Å². The molecule has 0 unspecified atom stereocenters. The molecule has 104 valence electrons. The molecule has 0 radical (unpaired) electrons. The highest BCUT2D eigenvalue weighted by Gasteiger charge is 2.30. The average molecular weight is 357 g/mol. The molecule has 1 aromatic rings. The van der Waals surface area contributed by atoms with Gasteiger partial charge in [0.25, 0.3) is 0 Å². The zero-order chi connectivity index (χ0) is 14.2. The van der Waals surface area contributed by atoms with Crippen molar-refractivity contribution in [2.75, 3.05) is 0 Å². The molecule has 0 fully saturated rings. The number of aliphatic hydroxyl groups is 3. The molecule has 7 nitrogen and oxygen atoms in total. The Labute approximate surface area is 119 Å². The lowest BCUT2D eigenvalue weighted by Gasteiger charge is -2.17. The molecule has 1 aliphatic rings. The average Bonchev–Trinajstić information content (AvgIpc) is 2.65. The number of hydrogen-bond acceptors (Lipinski definition) is 6. The van der Waals surface area contributed by atoms with Gasteiger partial charge in [-0.15, -0.1) is 9.78 Å². The minimum atomic E-state index is -3.27. The monoisotopic (exact) mass is 355 g/mol. The van der Waals surface area contributed by atoms with Crippen LogP contribution in [0.1, 0.15) is 12.8 Å². The Balaban J connectivity index is 2.28. The van der Waals surface area contributed by atoms with Gasteiger partial charge in [0.1, 0.15) is 11.6 Å². The third kappa shape index (κ3) is 3.31. The summed E-state index contributed by atoms with van der Waals surface area (Å²) in [5, 5.41) is 30.6. The second-order valence-electron chi connectivity index (χ2n) is 3.64. The molecule has 19 heavy (non-hydrogen) atoms. The Kier molecular flexibility index (Phi) is 3.92. The fourth-order valence-corrected chi connectivity index (χ4v) is 1.90. The molecule has 0 amide bonds. The Morgan fingerprint density at radius 2 is 2.11 bits per heavy atom. The van der Waals surface area contributed by atoms with Crippen molar-refractivity contribution in [2.45, 2.75) is 18.9 Å². The SMILES string of the molecule is OC(O)(O)n1nc(Br)nc1OC1=CC(Cl)=C(F)CC1. The van der Waals surface area contributed by atoms with Crippen molar-refractivity contribution in [1.82, 2.24) is 14.8 Å². The van der Waals surface area contributed by atoms with Crippen LogP contribution >= 0.6 is 27.5 Å². The normalized spacial score (nSPS) is 16.6. The number of rotatable bonds is 3. The van der Waals surface area contributed by atoms with Crippen LogP contribution in [-0.4, -0.2) is 30.1 Å². The zero-order valence-electron chi connectivity index (χ0n) is 9.22. The molecule has 0 saturated heterocycles. The molecule has 3 N–H and O–H groups in total. The summed E-state index contributed by atoms with van der Waals surface area (Å²) < 4.78 is 18.6. The quantitative estimate of drug-likeness (QED) is 0.700. The number of ether oxygens (including phenoxy) is 1. The predicted molar refractivity (Wildman–Crippen MR) is 64.3 cm³/mol. The second kappa shape index (κ2) is 5.17. The van der Waals surface area contributed by atoms with Gasteiger partial charge in [0.05, 0.1) is 5.03 Å². The first-order valence-corrected chi connectivity index (χ1v) is 6.17. The van der Waals surface area contributed by atoms with Gasteiger partial charge in [-0.1, -0.05) is 11.6 Å². The van der Waals surface area contributed by atoms with Crippen LogP contribution in [-0.2, 0) is 6.10 Å². The molecule has 1 aliphatic carbocycles. The first kappa shape index (κ1) is 14.4. The van der Waals surface area contributed by atoms with E-state index >= 15 is 0 Å². The van der Waals surface area contributed by atoms with Gasteiger partial charge in [-0.05, 0) is 22.0 Å². The lowest BCUT2D eigenvalue weighted by molar-refractivity contribution is -0.382. The maximum absolute atomic E-state index is 13.0. The molecule has 0 aromatic carbocycles. The lowest BCUT2D eigenvalue weighted by atomic mass is 10.1. The fourth-order valence-electron chi connectivity index (χ4n) is 1.38.